The second-order valence-corrected chi connectivity index (χ2v) is 5.38. The van der Waals surface area contributed by atoms with E-state index in [-0.39, 0.29) is 5.56 Å². The molecule has 19 heavy (non-hydrogen) atoms. The van der Waals surface area contributed by atoms with Gasteiger partial charge in [0.1, 0.15) is 0 Å². The van der Waals surface area contributed by atoms with Crippen LogP contribution < -0.4 is 10.5 Å². The number of aromatic nitrogens is 2. The summed E-state index contributed by atoms with van der Waals surface area (Å²) in [4.78, 5) is 23.5. The van der Waals surface area contributed by atoms with Crippen molar-refractivity contribution in [3.63, 3.8) is 0 Å². The molecular formula is C14H18N4O. The highest BCUT2D eigenvalue weighted by Gasteiger charge is 2.30. The van der Waals surface area contributed by atoms with E-state index in [2.05, 4.69) is 33.9 Å². The van der Waals surface area contributed by atoms with Gasteiger partial charge >= 0.3 is 0 Å². The van der Waals surface area contributed by atoms with Crippen LogP contribution in [0.25, 0.3) is 10.9 Å². The van der Waals surface area contributed by atoms with Gasteiger partial charge in [-0.1, -0.05) is 6.07 Å². The molecule has 0 amide bonds. The third-order valence-electron chi connectivity index (χ3n) is 3.89. The predicted octanol–water partition coefficient (Wildman–Crippen LogP) is 0.982. The standard InChI is InChI=1S/C14H18N4O/c1-9-4-5-11-12(14(19)16-8-15-11)13(9)18-6-10(7-18)17(2)3/h4-5,8,10H,6-7H2,1-3H3,(H,15,16,19). The summed E-state index contributed by atoms with van der Waals surface area (Å²) >= 11 is 0. The predicted molar refractivity (Wildman–Crippen MR) is 76.8 cm³/mol. The van der Waals surface area contributed by atoms with Crippen molar-refractivity contribution >= 4 is 16.6 Å². The number of benzene rings is 1. The molecule has 1 aliphatic heterocycles. The fourth-order valence-electron chi connectivity index (χ4n) is 2.62. The van der Waals surface area contributed by atoms with Gasteiger partial charge in [-0.15, -0.1) is 0 Å². The molecular weight excluding hydrogens is 240 g/mol. The van der Waals surface area contributed by atoms with Gasteiger partial charge in [-0.05, 0) is 32.6 Å². The number of hydrogen-bond donors (Lipinski definition) is 1. The van der Waals surface area contributed by atoms with Gasteiger partial charge in [-0.3, -0.25) is 4.79 Å². The highest BCUT2D eigenvalue weighted by Crippen LogP contribution is 2.31. The maximum absolute atomic E-state index is 12.1. The zero-order chi connectivity index (χ0) is 13.6. The Bertz CT molecular complexity index is 671. The van der Waals surface area contributed by atoms with Gasteiger partial charge in [0.15, 0.2) is 0 Å². The second-order valence-electron chi connectivity index (χ2n) is 5.38. The van der Waals surface area contributed by atoms with Crippen LogP contribution in [0.2, 0.25) is 0 Å². The monoisotopic (exact) mass is 258 g/mol. The summed E-state index contributed by atoms with van der Waals surface area (Å²) in [7, 11) is 4.18. The van der Waals surface area contributed by atoms with E-state index in [1.807, 2.05) is 19.1 Å². The molecule has 100 valence electrons. The largest absolute Gasteiger partial charge is 0.367 e. The first-order valence-electron chi connectivity index (χ1n) is 6.46. The molecule has 5 nitrogen and oxygen atoms in total. The molecule has 0 bridgehead atoms. The molecule has 3 rings (SSSR count). The summed E-state index contributed by atoms with van der Waals surface area (Å²) in [5, 5.41) is 0.708. The van der Waals surface area contributed by atoms with Crippen LogP contribution in [0.15, 0.2) is 23.3 Å². The Morgan fingerprint density at radius 1 is 1.37 bits per heavy atom. The summed E-state index contributed by atoms with van der Waals surface area (Å²) in [5.41, 5.74) is 2.86. The number of aromatic amines is 1. The molecule has 1 aromatic heterocycles. The molecule has 0 radical (unpaired) electrons. The highest BCUT2D eigenvalue weighted by molar-refractivity contribution is 5.93. The van der Waals surface area contributed by atoms with E-state index in [4.69, 9.17) is 0 Å². The molecule has 0 atom stereocenters. The third-order valence-corrected chi connectivity index (χ3v) is 3.89. The van der Waals surface area contributed by atoms with Crippen molar-refractivity contribution in [2.24, 2.45) is 0 Å². The lowest BCUT2D eigenvalue weighted by molar-refractivity contribution is 0.247. The van der Waals surface area contributed by atoms with Crippen LogP contribution in [0, 0.1) is 6.92 Å². The van der Waals surface area contributed by atoms with Gasteiger partial charge in [0.2, 0.25) is 0 Å². The zero-order valence-corrected chi connectivity index (χ0v) is 11.5. The molecule has 0 saturated carbocycles. The Labute approximate surface area is 111 Å². The fraction of sp³-hybridized carbons (Fsp3) is 0.429. The first-order chi connectivity index (χ1) is 9.08. The van der Waals surface area contributed by atoms with Crippen molar-refractivity contribution in [3.8, 4) is 0 Å². The van der Waals surface area contributed by atoms with Crippen LogP contribution in [0.4, 0.5) is 5.69 Å². The van der Waals surface area contributed by atoms with E-state index in [9.17, 15) is 4.79 Å². The first-order valence-corrected chi connectivity index (χ1v) is 6.46. The van der Waals surface area contributed by atoms with Crippen molar-refractivity contribution in [2.45, 2.75) is 13.0 Å². The Morgan fingerprint density at radius 2 is 2.11 bits per heavy atom. The second kappa shape index (κ2) is 4.35. The summed E-state index contributed by atoms with van der Waals surface area (Å²) < 4.78 is 0. The molecule has 5 heteroatoms. The number of anilines is 1. The number of nitrogens with zero attached hydrogens (tertiary/aromatic N) is 3. The van der Waals surface area contributed by atoms with Gasteiger partial charge in [-0.2, -0.15) is 0 Å². The maximum atomic E-state index is 12.1. The van der Waals surface area contributed by atoms with Crippen LogP contribution in [-0.2, 0) is 0 Å². The molecule has 0 spiro atoms. The lowest BCUT2D eigenvalue weighted by Gasteiger charge is -2.45. The van der Waals surface area contributed by atoms with Crippen LogP contribution in [0.3, 0.4) is 0 Å². The van der Waals surface area contributed by atoms with Gasteiger partial charge in [-0.25, -0.2) is 4.98 Å². The lowest BCUT2D eigenvalue weighted by atomic mass is 10.0. The summed E-state index contributed by atoms with van der Waals surface area (Å²) in [5.74, 6) is 0. The van der Waals surface area contributed by atoms with E-state index in [1.54, 1.807) is 0 Å². The zero-order valence-electron chi connectivity index (χ0n) is 11.5. The normalized spacial score (nSPS) is 16.1. The highest BCUT2D eigenvalue weighted by atomic mass is 16.1. The quantitative estimate of drug-likeness (QED) is 0.872. The van der Waals surface area contributed by atoms with Crippen molar-refractivity contribution in [1.82, 2.24) is 14.9 Å². The number of rotatable bonds is 2. The number of nitrogens with one attached hydrogen (secondary N) is 1. The minimum atomic E-state index is -0.0583. The molecule has 0 unspecified atom stereocenters. The SMILES string of the molecule is Cc1ccc2nc[nH]c(=O)c2c1N1CC(N(C)C)C1. The minimum Gasteiger partial charge on any atom is -0.367 e. The number of aryl methyl sites for hydroxylation is 1. The van der Waals surface area contributed by atoms with Gasteiger partial charge in [0.25, 0.3) is 5.56 Å². The van der Waals surface area contributed by atoms with Crippen molar-refractivity contribution in [3.05, 3.63) is 34.4 Å². The van der Waals surface area contributed by atoms with E-state index in [0.717, 1.165) is 29.9 Å². The Kier molecular flexibility index (Phi) is 2.78. The van der Waals surface area contributed by atoms with E-state index in [1.165, 1.54) is 6.33 Å². The summed E-state index contributed by atoms with van der Waals surface area (Å²) in [6, 6.07) is 4.50. The van der Waals surface area contributed by atoms with Gasteiger partial charge in [0.05, 0.1) is 22.9 Å². The van der Waals surface area contributed by atoms with Gasteiger partial charge < -0.3 is 14.8 Å². The topological polar surface area (TPSA) is 52.2 Å². The fourth-order valence-corrected chi connectivity index (χ4v) is 2.62. The van der Waals surface area contributed by atoms with Crippen LogP contribution in [0.5, 0.6) is 0 Å². The Balaban J connectivity index is 2.09. The van der Waals surface area contributed by atoms with Crippen LogP contribution >= 0.6 is 0 Å². The average Bonchev–Trinajstić information content (AvgIpc) is 2.30. The molecule has 1 saturated heterocycles. The molecule has 1 aromatic carbocycles. The molecule has 2 aromatic rings. The number of H-pyrrole nitrogens is 1. The Morgan fingerprint density at radius 3 is 2.79 bits per heavy atom. The van der Waals surface area contributed by atoms with Crippen LogP contribution in [-0.4, -0.2) is 48.1 Å². The third kappa shape index (κ3) is 1.90. The first kappa shape index (κ1) is 12.2. The van der Waals surface area contributed by atoms with Crippen molar-refractivity contribution < 1.29 is 0 Å². The maximum Gasteiger partial charge on any atom is 0.260 e. The Hall–Kier alpha value is -1.88. The van der Waals surface area contributed by atoms with Crippen molar-refractivity contribution in [1.29, 1.82) is 0 Å². The number of fused-ring (bicyclic) bond motifs is 1. The molecule has 0 aliphatic carbocycles. The average molecular weight is 258 g/mol. The number of hydrogen-bond acceptors (Lipinski definition) is 4. The minimum absolute atomic E-state index is 0.0583. The summed E-state index contributed by atoms with van der Waals surface area (Å²) in [6.07, 6.45) is 1.46. The van der Waals surface area contributed by atoms with E-state index >= 15 is 0 Å². The lowest BCUT2D eigenvalue weighted by Crippen LogP contribution is -2.57. The van der Waals surface area contributed by atoms with E-state index < -0.39 is 0 Å². The number of likely N-dealkylation sites (N-methyl/N-ethyl adjacent to an activating group) is 1. The molecule has 2 heterocycles. The molecule has 1 fully saturated rings. The van der Waals surface area contributed by atoms with Gasteiger partial charge in [0, 0.05) is 19.1 Å². The summed E-state index contributed by atoms with van der Waals surface area (Å²) in [6.45, 7) is 3.97. The van der Waals surface area contributed by atoms with E-state index in [0.29, 0.717) is 11.4 Å². The molecule has 1 N–H and O–H groups in total. The van der Waals surface area contributed by atoms with Crippen molar-refractivity contribution in [2.75, 3.05) is 32.1 Å². The molecule has 1 aliphatic rings. The smallest absolute Gasteiger partial charge is 0.260 e. The van der Waals surface area contributed by atoms with Crippen LogP contribution in [0.1, 0.15) is 5.56 Å².